The van der Waals surface area contributed by atoms with Crippen LogP contribution in [0.1, 0.15) is 23.6 Å². The van der Waals surface area contributed by atoms with E-state index in [1.54, 1.807) is 0 Å². The summed E-state index contributed by atoms with van der Waals surface area (Å²) in [4.78, 5) is 0. The van der Waals surface area contributed by atoms with E-state index in [0.29, 0.717) is 0 Å². The molecule has 0 fully saturated rings. The zero-order valence-corrected chi connectivity index (χ0v) is 11.7. The summed E-state index contributed by atoms with van der Waals surface area (Å²) in [5.41, 5.74) is 8.75. The highest BCUT2D eigenvalue weighted by Crippen LogP contribution is 2.22. The predicted molar refractivity (Wildman–Crippen MR) is 82.4 cm³/mol. The number of nitrogens with two attached hydrogens (primary N) is 1. The van der Waals surface area contributed by atoms with Crippen LogP contribution in [0.2, 0.25) is 0 Å². The first-order valence-electron chi connectivity index (χ1n) is 6.94. The zero-order valence-electron chi connectivity index (χ0n) is 11.7. The minimum atomic E-state index is 0.0693. The molecule has 0 radical (unpaired) electrons. The molecule has 102 valence electrons. The van der Waals surface area contributed by atoms with Gasteiger partial charge in [-0.1, -0.05) is 36.4 Å². The van der Waals surface area contributed by atoms with Gasteiger partial charge in [0.05, 0.1) is 6.20 Å². The van der Waals surface area contributed by atoms with Crippen molar-refractivity contribution in [1.29, 1.82) is 0 Å². The minimum Gasteiger partial charge on any atom is -0.324 e. The molecule has 0 bridgehead atoms. The van der Waals surface area contributed by atoms with Crippen LogP contribution < -0.4 is 5.73 Å². The lowest BCUT2D eigenvalue weighted by Crippen LogP contribution is -2.11. The Kier molecular flexibility index (Phi) is 3.52. The second kappa shape index (κ2) is 5.47. The average molecular weight is 265 g/mol. The van der Waals surface area contributed by atoms with Crippen molar-refractivity contribution in [2.75, 3.05) is 0 Å². The summed E-state index contributed by atoms with van der Waals surface area (Å²) in [5.74, 6) is 0. The van der Waals surface area contributed by atoms with Gasteiger partial charge in [-0.15, -0.1) is 0 Å². The first-order valence-corrected chi connectivity index (χ1v) is 6.94. The molecule has 0 spiro atoms. The molecule has 3 aromatic rings. The first kappa shape index (κ1) is 12.9. The second-order valence-corrected chi connectivity index (χ2v) is 5.27. The number of hydrogen-bond donors (Lipinski definition) is 1. The highest BCUT2D eigenvalue weighted by Gasteiger charge is 2.07. The maximum absolute atomic E-state index is 6.31. The Labute approximate surface area is 119 Å². The Balaban J connectivity index is 1.73. The molecule has 1 heterocycles. The van der Waals surface area contributed by atoms with Gasteiger partial charge in [0.25, 0.3) is 0 Å². The van der Waals surface area contributed by atoms with Gasteiger partial charge in [0, 0.05) is 19.3 Å². The van der Waals surface area contributed by atoms with Crippen molar-refractivity contribution in [1.82, 2.24) is 9.78 Å². The SMILES string of the molecule is Cn1cc(CCC(N)c2ccc3ccccc3c2)cn1. The van der Waals surface area contributed by atoms with E-state index in [2.05, 4.69) is 47.6 Å². The third-order valence-corrected chi connectivity index (χ3v) is 3.70. The lowest BCUT2D eigenvalue weighted by Gasteiger charge is -2.12. The number of aromatic nitrogens is 2. The Morgan fingerprint density at radius 1 is 1.15 bits per heavy atom. The molecule has 2 N–H and O–H groups in total. The van der Waals surface area contributed by atoms with Gasteiger partial charge in [-0.05, 0) is 40.8 Å². The molecule has 0 amide bonds. The zero-order chi connectivity index (χ0) is 13.9. The fraction of sp³-hybridized carbons (Fsp3) is 0.235. The van der Waals surface area contributed by atoms with Crippen molar-refractivity contribution in [3.8, 4) is 0 Å². The molecule has 3 nitrogen and oxygen atoms in total. The number of rotatable bonds is 4. The maximum Gasteiger partial charge on any atom is 0.0521 e. The molecule has 0 aliphatic carbocycles. The average Bonchev–Trinajstić information content (AvgIpc) is 2.90. The minimum absolute atomic E-state index is 0.0693. The lowest BCUT2D eigenvalue weighted by atomic mass is 9.98. The van der Waals surface area contributed by atoms with Gasteiger partial charge in [0.15, 0.2) is 0 Å². The molecule has 0 aliphatic heterocycles. The third-order valence-electron chi connectivity index (χ3n) is 3.70. The third kappa shape index (κ3) is 2.73. The largest absolute Gasteiger partial charge is 0.324 e. The number of fused-ring (bicyclic) bond motifs is 1. The molecule has 3 heteroatoms. The molecule has 2 aromatic carbocycles. The highest BCUT2D eigenvalue weighted by atomic mass is 15.2. The van der Waals surface area contributed by atoms with Gasteiger partial charge in [-0.3, -0.25) is 4.68 Å². The summed E-state index contributed by atoms with van der Waals surface area (Å²) in [7, 11) is 1.94. The van der Waals surface area contributed by atoms with Crippen LogP contribution in [0.4, 0.5) is 0 Å². The molecule has 1 aromatic heterocycles. The number of nitrogens with zero attached hydrogens (tertiary/aromatic N) is 2. The van der Waals surface area contributed by atoms with Crippen molar-refractivity contribution in [2.24, 2.45) is 12.8 Å². The topological polar surface area (TPSA) is 43.8 Å². The van der Waals surface area contributed by atoms with Crippen LogP contribution in [0.3, 0.4) is 0 Å². The van der Waals surface area contributed by atoms with Crippen molar-refractivity contribution in [3.05, 3.63) is 66.0 Å². The number of benzene rings is 2. The molecule has 0 saturated heterocycles. The first-order chi connectivity index (χ1) is 9.72. The summed E-state index contributed by atoms with van der Waals surface area (Å²) < 4.78 is 1.83. The maximum atomic E-state index is 6.31. The summed E-state index contributed by atoms with van der Waals surface area (Å²) >= 11 is 0. The Bertz CT molecular complexity index is 715. The predicted octanol–water partition coefficient (Wildman–Crippen LogP) is 3.21. The molecule has 1 atom stereocenters. The Morgan fingerprint density at radius 2 is 1.95 bits per heavy atom. The monoisotopic (exact) mass is 265 g/mol. The van der Waals surface area contributed by atoms with E-state index in [9.17, 15) is 0 Å². The number of hydrogen-bond acceptors (Lipinski definition) is 2. The van der Waals surface area contributed by atoms with E-state index in [1.807, 2.05) is 24.1 Å². The Hall–Kier alpha value is -2.13. The van der Waals surface area contributed by atoms with Gasteiger partial charge in [0.1, 0.15) is 0 Å². The van der Waals surface area contributed by atoms with Crippen LogP contribution in [0.25, 0.3) is 10.8 Å². The summed E-state index contributed by atoms with van der Waals surface area (Å²) in [6, 6.07) is 14.9. The van der Waals surface area contributed by atoms with Gasteiger partial charge in [0.2, 0.25) is 0 Å². The Morgan fingerprint density at radius 3 is 2.70 bits per heavy atom. The summed E-state index contributed by atoms with van der Waals surface area (Å²) in [6.07, 6.45) is 5.85. The van der Waals surface area contributed by atoms with Crippen molar-refractivity contribution in [2.45, 2.75) is 18.9 Å². The second-order valence-electron chi connectivity index (χ2n) is 5.27. The van der Waals surface area contributed by atoms with E-state index < -0.39 is 0 Å². The fourth-order valence-corrected chi connectivity index (χ4v) is 2.53. The summed E-state index contributed by atoms with van der Waals surface area (Å²) in [5, 5.41) is 6.70. The van der Waals surface area contributed by atoms with Crippen LogP contribution in [-0.2, 0) is 13.5 Å². The molecule has 0 aliphatic rings. The van der Waals surface area contributed by atoms with Crippen molar-refractivity contribution in [3.63, 3.8) is 0 Å². The van der Waals surface area contributed by atoms with Crippen LogP contribution in [0, 0.1) is 0 Å². The lowest BCUT2D eigenvalue weighted by molar-refractivity contribution is 0.651. The van der Waals surface area contributed by atoms with Crippen molar-refractivity contribution >= 4 is 10.8 Å². The fourth-order valence-electron chi connectivity index (χ4n) is 2.53. The molecular formula is C17H19N3. The van der Waals surface area contributed by atoms with Gasteiger partial charge >= 0.3 is 0 Å². The van der Waals surface area contributed by atoms with E-state index in [-0.39, 0.29) is 6.04 Å². The van der Waals surface area contributed by atoms with E-state index in [4.69, 9.17) is 5.73 Å². The van der Waals surface area contributed by atoms with Gasteiger partial charge in [-0.2, -0.15) is 5.10 Å². The standard InChI is InChI=1S/C17H19N3/c1-20-12-13(11-19-20)6-9-17(18)16-8-7-14-4-2-3-5-15(14)10-16/h2-5,7-8,10-12,17H,6,9,18H2,1H3. The van der Waals surface area contributed by atoms with E-state index >= 15 is 0 Å². The van der Waals surface area contributed by atoms with E-state index in [0.717, 1.165) is 12.8 Å². The molecule has 1 unspecified atom stereocenters. The summed E-state index contributed by atoms with van der Waals surface area (Å²) in [6.45, 7) is 0. The highest BCUT2D eigenvalue weighted by molar-refractivity contribution is 5.83. The van der Waals surface area contributed by atoms with Crippen LogP contribution >= 0.6 is 0 Å². The molecule has 20 heavy (non-hydrogen) atoms. The normalized spacial score (nSPS) is 12.7. The van der Waals surface area contributed by atoms with Crippen molar-refractivity contribution < 1.29 is 0 Å². The van der Waals surface area contributed by atoms with Gasteiger partial charge < -0.3 is 5.73 Å². The quantitative estimate of drug-likeness (QED) is 0.787. The smallest absolute Gasteiger partial charge is 0.0521 e. The number of aryl methyl sites for hydroxylation is 2. The van der Waals surface area contributed by atoms with Crippen LogP contribution in [0.15, 0.2) is 54.9 Å². The van der Waals surface area contributed by atoms with E-state index in [1.165, 1.54) is 21.9 Å². The van der Waals surface area contributed by atoms with Crippen LogP contribution in [0.5, 0.6) is 0 Å². The van der Waals surface area contributed by atoms with Gasteiger partial charge in [-0.25, -0.2) is 0 Å². The molecular weight excluding hydrogens is 246 g/mol. The van der Waals surface area contributed by atoms with Crippen LogP contribution in [-0.4, -0.2) is 9.78 Å². The molecule has 0 saturated carbocycles. The molecule has 3 rings (SSSR count).